The van der Waals surface area contributed by atoms with Crippen LogP contribution in [0.3, 0.4) is 0 Å². The number of carbonyl (C=O) groups is 1. The van der Waals surface area contributed by atoms with Crippen LogP contribution in [-0.2, 0) is 13.0 Å². The monoisotopic (exact) mass is 415 g/mol. The quantitative estimate of drug-likeness (QED) is 0.562. The van der Waals surface area contributed by atoms with Gasteiger partial charge in [0, 0.05) is 19.0 Å². The lowest BCUT2D eigenvalue weighted by molar-refractivity contribution is 0.0663. The molecule has 1 amide bonds. The molecule has 0 spiro atoms. The number of aliphatic hydroxyl groups is 1. The summed E-state index contributed by atoms with van der Waals surface area (Å²) in [5, 5.41) is 27.0. The Bertz CT molecular complexity index is 1070. The zero-order chi connectivity index (χ0) is 22.1. The van der Waals surface area contributed by atoms with Crippen LogP contribution in [0.15, 0.2) is 29.1 Å². The molecule has 162 valence electrons. The second-order valence-electron chi connectivity index (χ2n) is 9.22. The van der Waals surface area contributed by atoms with Crippen LogP contribution in [0.5, 0.6) is 0 Å². The maximum Gasteiger partial charge on any atom is 0.337 e. The topological polar surface area (TPSA) is 131 Å². The van der Waals surface area contributed by atoms with Crippen molar-refractivity contribution in [3.05, 3.63) is 40.6 Å². The maximum atomic E-state index is 13.2. The van der Waals surface area contributed by atoms with Gasteiger partial charge in [0.1, 0.15) is 0 Å². The summed E-state index contributed by atoms with van der Waals surface area (Å²) in [6.45, 7) is 9.66. The average Bonchev–Trinajstić information content (AvgIpc) is 3.23. The molecule has 0 fully saturated rings. The Morgan fingerprint density at radius 3 is 2.43 bits per heavy atom. The number of rotatable bonds is 6. The third-order valence-corrected chi connectivity index (χ3v) is 5.10. The number of H-pyrrole nitrogens is 1. The molecule has 30 heavy (non-hydrogen) atoms. The number of hydrogen-bond acceptors (Lipinski definition) is 6. The molecule has 0 saturated heterocycles. The number of para-hydroxylation sites is 2. The van der Waals surface area contributed by atoms with Crippen LogP contribution in [0, 0.1) is 5.41 Å². The molecule has 3 aromatic rings. The fourth-order valence-corrected chi connectivity index (χ4v) is 3.24. The van der Waals surface area contributed by atoms with Crippen molar-refractivity contribution in [1.82, 2.24) is 35.1 Å². The number of aromatic nitrogens is 6. The summed E-state index contributed by atoms with van der Waals surface area (Å²) >= 11 is 0. The van der Waals surface area contributed by atoms with Gasteiger partial charge in [-0.15, -0.1) is 10.2 Å². The Morgan fingerprint density at radius 2 is 1.87 bits per heavy atom. The molecule has 0 aliphatic rings. The van der Waals surface area contributed by atoms with Crippen LogP contribution in [0.25, 0.3) is 11.0 Å². The Labute approximate surface area is 174 Å². The molecule has 3 N–H and O–H groups in total. The van der Waals surface area contributed by atoms with E-state index in [1.165, 1.54) is 4.57 Å². The van der Waals surface area contributed by atoms with Crippen LogP contribution in [0.4, 0.5) is 4.79 Å². The number of amides is 1. The first-order valence-electron chi connectivity index (χ1n) is 9.93. The van der Waals surface area contributed by atoms with Crippen molar-refractivity contribution in [1.29, 1.82) is 0 Å². The Balaban J connectivity index is 1.96. The fraction of sp³-hybridized carbons (Fsp3) is 0.550. The molecule has 0 aliphatic heterocycles. The number of imidazole rings is 1. The fourth-order valence-electron chi connectivity index (χ4n) is 3.24. The second kappa shape index (κ2) is 8.02. The SMILES string of the molecule is CC(C)(O)CCn1c(=O)n(C(=O)N[C@H](Cc2nn[nH]n2)C(C)(C)C)c2ccccc21. The zero-order valence-corrected chi connectivity index (χ0v) is 18.0. The number of carbonyl (C=O) groups excluding carboxylic acids is 1. The van der Waals surface area contributed by atoms with E-state index in [0.29, 0.717) is 36.2 Å². The number of aromatic amines is 1. The smallest absolute Gasteiger partial charge is 0.337 e. The number of nitrogens with one attached hydrogen (secondary N) is 2. The van der Waals surface area contributed by atoms with E-state index < -0.39 is 17.3 Å². The predicted molar refractivity (Wildman–Crippen MR) is 112 cm³/mol. The van der Waals surface area contributed by atoms with Gasteiger partial charge in [0.2, 0.25) is 0 Å². The van der Waals surface area contributed by atoms with Crippen molar-refractivity contribution in [2.24, 2.45) is 5.41 Å². The van der Waals surface area contributed by atoms with Crippen molar-refractivity contribution in [2.75, 3.05) is 0 Å². The maximum absolute atomic E-state index is 13.2. The Kier molecular flexibility index (Phi) is 5.80. The summed E-state index contributed by atoms with van der Waals surface area (Å²) in [6, 6.07) is 6.30. The van der Waals surface area contributed by atoms with Gasteiger partial charge < -0.3 is 10.4 Å². The van der Waals surface area contributed by atoms with Crippen molar-refractivity contribution in [3.63, 3.8) is 0 Å². The lowest BCUT2D eigenvalue weighted by Crippen LogP contribution is -2.49. The molecule has 10 heteroatoms. The number of tetrazole rings is 1. The minimum atomic E-state index is -0.924. The van der Waals surface area contributed by atoms with Crippen LogP contribution in [-0.4, -0.2) is 52.5 Å². The molecular formula is C20H29N7O3. The van der Waals surface area contributed by atoms with Gasteiger partial charge in [-0.2, -0.15) is 5.21 Å². The van der Waals surface area contributed by atoms with Crippen LogP contribution < -0.4 is 11.0 Å². The van der Waals surface area contributed by atoms with E-state index in [1.807, 2.05) is 26.8 Å². The lowest BCUT2D eigenvalue weighted by atomic mass is 9.84. The average molecular weight is 415 g/mol. The summed E-state index contributed by atoms with van der Waals surface area (Å²) in [5.41, 5.74) is -0.507. The van der Waals surface area contributed by atoms with Crippen molar-refractivity contribution in [2.45, 2.75) is 65.6 Å². The minimum absolute atomic E-state index is 0.300. The molecule has 2 heterocycles. The highest BCUT2D eigenvalue weighted by Gasteiger charge is 2.30. The highest BCUT2D eigenvalue weighted by Crippen LogP contribution is 2.22. The number of benzene rings is 1. The number of hydrogen-bond donors (Lipinski definition) is 3. The van der Waals surface area contributed by atoms with Gasteiger partial charge in [0.25, 0.3) is 0 Å². The first kappa shape index (κ1) is 21.7. The number of nitrogens with zero attached hydrogens (tertiary/aromatic N) is 5. The molecule has 3 rings (SSSR count). The van der Waals surface area contributed by atoms with Gasteiger partial charge in [0.05, 0.1) is 16.6 Å². The molecular weight excluding hydrogens is 386 g/mol. The Hall–Kier alpha value is -3.01. The van der Waals surface area contributed by atoms with Gasteiger partial charge in [-0.1, -0.05) is 38.1 Å². The predicted octanol–water partition coefficient (Wildman–Crippen LogP) is 1.69. The summed E-state index contributed by atoms with van der Waals surface area (Å²) in [6.07, 6.45) is 0.753. The van der Waals surface area contributed by atoms with E-state index >= 15 is 0 Å². The van der Waals surface area contributed by atoms with Gasteiger partial charge in [-0.05, 0) is 37.8 Å². The summed E-state index contributed by atoms with van der Waals surface area (Å²) in [7, 11) is 0. The molecule has 0 unspecified atom stereocenters. The van der Waals surface area contributed by atoms with Crippen molar-refractivity contribution < 1.29 is 9.90 Å². The van der Waals surface area contributed by atoms with E-state index in [4.69, 9.17) is 0 Å². The van der Waals surface area contributed by atoms with Crippen LogP contribution in [0.1, 0.15) is 46.9 Å². The first-order valence-corrected chi connectivity index (χ1v) is 9.93. The van der Waals surface area contributed by atoms with E-state index in [1.54, 1.807) is 32.0 Å². The molecule has 10 nitrogen and oxygen atoms in total. The van der Waals surface area contributed by atoms with E-state index in [0.717, 1.165) is 4.57 Å². The van der Waals surface area contributed by atoms with Gasteiger partial charge >= 0.3 is 11.7 Å². The molecule has 0 radical (unpaired) electrons. The Morgan fingerprint density at radius 1 is 1.20 bits per heavy atom. The third kappa shape index (κ3) is 4.76. The molecule has 0 bridgehead atoms. The van der Waals surface area contributed by atoms with E-state index in [2.05, 4.69) is 25.9 Å². The normalized spacial score (nSPS) is 13.5. The first-order chi connectivity index (χ1) is 14.0. The van der Waals surface area contributed by atoms with Crippen molar-refractivity contribution in [3.8, 4) is 0 Å². The minimum Gasteiger partial charge on any atom is -0.390 e. The van der Waals surface area contributed by atoms with E-state index in [9.17, 15) is 14.7 Å². The summed E-state index contributed by atoms with van der Waals surface area (Å²) in [4.78, 5) is 26.3. The zero-order valence-electron chi connectivity index (χ0n) is 18.0. The molecule has 0 aliphatic carbocycles. The van der Waals surface area contributed by atoms with Gasteiger partial charge in [-0.25, -0.2) is 14.2 Å². The molecule has 1 aromatic carbocycles. The third-order valence-electron chi connectivity index (χ3n) is 5.10. The molecule has 2 aromatic heterocycles. The van der Waals surface area contributed by atoms with Crippen LogP contribution in [0.2, 0.25) is 0 Å². The number of aryl methyl sites for hydroxylation is 1. The standard InChI is InChI=1S/C20H29N7O3/c1-19(2,3)15(12-16-22-24-25-23-16)21-17(28)27-14-9-7-6-8-13(14)26(18(27)29)11-10-20(4,5)30/h6-9,15,30H,10-12H2,1-5H3,(H,21,28)(H,22,23,24,25)/t15-/m1/s1. The molecule has 1 atom stereocenters. The van der Waals surface area contributed by atoms with Gasteiger partial charge in [0.15, 0.2) is 5.82 Å². The van der Waals surface area contributed by atoms with Crippen molar-refractivity contribution >= 4 is 17.1 Å². The van der Waals surface area contributed by atoms with Gasteiger partial charge in [-0.3, -0.25) is 4.57 Å². The van der Waals surface area contributed by atoms with Crippen LogP contribution >= 0.6 is 0 Å². The second-order valence-corrected chi connectivity index (χ2v) is 9.22. The largest absolute Gasteiger partial charge is 0.390 e. The highest BCUT2D eigenvalue weighted by molar-refractivity contribution is 5.89. The highest BCUT2D eigenvalue weighted by atomic mass is 16.3. The lowest BCUT2D eigenvalue weighted by Gasteiger charge is -2.30. The van der Waals surface area contributed by atoms with E-state index in [-0.39, 0.29) is 11.5 Å². The molecule has 0 saturated carbocycles. The summed E-state index contributed by atoms with van der Waals surface area (Å²) in [5.74, 6) is 0.482. The number of fused-ring (bicyclic) bond motifs is 1. The summed E-state index contributed by atoms with van der Waals surface area (Å²) < 4.78 is 2.67.